The van der Waals surface area contributed by atoms with Gasteiger partial charge >= 0.3 is 0 Å². The lowest BCUT2D eigenvalue weighted by Gasteiger charge is -2.29. The summed E-state index contributed by atoms with van der Waals surface area (Å²) < 4.78 is 15.7. The van der Waals surface area contributed by atoms with Gasteiger partial charge in [-0.05, 0) is 181 Å². The first-order valence-electron chi connectivity index (χ1n) is 30.2. The predicted octanol–water partition coefficient (Wildman–Crippen LogP) is 23.3. The van der Waals surface area contributed by atoms with Crippen LogP contribution in [-0.2, 0) is 16.2 Å². The maximum absolute atomic E-state index is 6.62. The summed E-state index contributed by atoms with van der Waals surface area (Å²) >= 11 is 0. The van der Waals surface area contributed by atoms with E-state index in [1.807, 2.05) is 12.1 Å². The van der Waals surface area contributed by atoms with Crippen LogP contribution in [0.15, 0.2) is 245 Å². The normalized spacial score (nSPS) is 13.4. The smallest absolute Gasteiger partial charge is 0.137 e. The Morgan fingerprint density at radius 1 is 0.349 bits per heavy atom. The van der Waals surface area contributed by atoms with Crippen LogP contribution in [0.1, 0.15) is 77.6 Å². The number of furan rings is 2. The number of anilines is 6. The third kappa shape index (κ3) is 7.50. The summed E-state index contributed by atoms with van der Waals surface area (Å²) in [5, 5.41) is 11.8. The zero-order valence-corrected chi connectivity index (χ0v) is 49.7. The molecule has 0 radical (unpaired) electrons. The summed E-state index contributed by atoms with van der Waals surface area (Å²) in [6.45, 7) is 18.5. The molecule has 0 spiro atoms. The van der Waals surface area contributed by atoms with Gasteiger partial charge in [-0.2, -0.15) is 0 Å². The number of hydrogen-bond acceptors (Lipinski definition) is 4. The summed E-state index contributed by atoms with van der Waals surface area (Å²) in [7, 11) is 0. The molecular weight excluding hydrogens is 1050 g/mol. The molecule has 5 heteroatoms. The molecule has 1 aliphatic rings. The second kappa shape index (κ2) is 18.0. The minimum absolute atomic E-state index is 0.000518. The van der Waals surface area contributed by atoms with Gasteiger partial charge in [0, 0.05) is 89.1 Å². The Balaban J connectivity index is 0.852. The van der Waals surface area contributed by atoms with Crippen LogP contribution in [-0.4, -0.2) is 4.40 Å². The van der Waals surface area contributed by atoms with Crippen molar-refractivity contribution in [3.05, 3.63) is 259 Å². The molecular formula is C81H63N3O2. The van der Waals surface area contributed by atoms with Crippen molar-refractivity contribution < 1.29 is 8.83 Å². The van der Waals surface area contributed by atoms with Crippen LogP contribution in [0.2, 0.25) is 0 Å². The van der Waals surface area contributed by atoms with E-state index in [1.165, 1.54) is 93.4 Å². The molecule has 17 rings (SSSR count). The lowest BCUT2D eigenvalue weighted by atomic mass is 9.81. The van der Waals surface area contributed by atoms with Crippen molar-refractivity contribution in [1.29, 1.82) is 0 Å². The Morgan fingerprint density at radius 2 is 0.872 bits per heavy atom. The lowest BCUT2D eigenvalue weighted by Crippen LogP contribution is -2.17. The number of benzene rings is 12. The molecule has 0 N–H and O–H groups in total. The number of para-hydroxylation sites is 2. The molecule has 0 saturated carbocycles. The third-order valence-corrected chi connectivity index (χ3v) is 19.0. The minimum Gasteiger partial charge on any atom is -0.456 e. The van der Waals surface area contributed by atoms with Crippen LogP contribution in [0, 0.1) is 0 Å². The van der Waals surface area contributed by atoms with Gasteiger partial charge in [0.2, 0.25) is 0 Å². The maximum atomic E-state index is 6.62. The van der Waals surface area contributed by atoms with Gasteiger partial charge in [0.1, 0.15) is 22.3 Å². The fraction of sp³-hybridized carbons (Fsp3) is 0.136. The molecule has 0 fully saturated rings. The number of aromatic nitrogens is 1. The molecule has 0 atom stereocenters. The first-order valence-corrected chi connectivity index (χ1v) is 30.2. The largest absolute Gasteiger partial charge is 0.456 e. The summed E-state index contributed by atoms with van der Waals surface area (Å²) in [4.78, 5) is 4.85. The van der Waals surface area contributed by atoms with Gasteiger partial charge in [0.05, 0.1) is 22.2 Å². The van der Waals surface area contributed by atoms with Crippen molar-refractivity contribution in [2.24, 2.45) is 0 Å². The highest BCUT2D eigenvalue weighted by Gasteiger charge is 2.37. The average Bonchev–Trinajstić information content (AvgIpc) is 1.55. The van der Waals surface area contributed by atoms with Gasteiger partial charge in [-0.25, -0.2) is 0 Å². The van der Waals surface area contributed by atoms with E-state index in [4.69, 9.17) is 8.83 Å². The molecule has 5 nitrogen and oxygen atoms in total. The lowest BCUT2D eigenvalue weighted by molar-refractivity contribution is 0.590. The van der Waals surface area contributed by atoms with E-state index < -0.39 is 0 Å². The van der Waals surface area contributed by atoms with E-state index in [2.05, 4.69) is 294 Å². The first kappa shape index (κ1) is 50.4. The molecule has 4 heterocycles. The molecule has 0 amide bonds. The summed E-state index contributed by atoms with van der Waals surface area (Å²) in [6, 6.07) is 88.0. The van der Waals surface area contributed by atoms with Crippen molar-refractivity contribution >= 4 is 127 Å². The van der Waals surface area contributed by atoms with E-state index >= 15 is 0 Å². The van der Waals surface area contributed by atoms with E-state index in [0.29, 0.717) is 0 Å². The van der Waals surface area contributed by atoms with E-state index in [9.17, 15) is 0 Å². The Bertz CT molecular complexity index is 5450. The van der Waals surface area contributed by atoms with E-state index in [0.717, 1.165) is 78.0 Å². The van der Waals surface area contributed by atoms with Crippen molar-refractivity contribution in [2.75, 3.05) is 9.80 Å². The van der Waals surface area contributed by atoms with Gasteiger partial charge in [0.15, 0.2) is 0 Å². The zero-order valence-electron chi connectivity index (χ0n) is 49.7. The summed E-state index contributed by atoms with van der Waals surface area (Å²) in [5.41, 5.74) is 23.6. The molecule has 1 aliphatic carbocycles. The van der Waals surface area contributed by atoms with E-state index in [-0.39, 0.29) is 16.2 Å². The second-order valence-corrected chi connectivity index (χ2v) is 26.6. The molecule has 0 unspecified atom stereocenters. The zero-order chi connectivity index (χ0) is 58.1. The van der Waals surface area contributed by atoms with Crippen molar-refractivity contribution in [3.8, 4) is 22.3 Å². The summed E-state index contributed by atoms with van der Waals surface area (Å²) in [5.74, 6) is 0. The van der Waals surface area contributed by atoms with Crippen molar-refractivity contribution in [3.63, 3.8) is 0 Å². The number of nitrogens with zero attached hydrogens (tertiary/aromatic N) is 3. The first-order chi connectivity index (χ1) is 41.6. The Labute approximate surface area is 499 Å². The van der Waals surface area contributed by atoms with Gasteiger partial charge in [-0.1, -0.05) is 165 Å². The standard InChI is InChI=1S/C81H63N3O2/c1-79(2,3)52-23-27-54(28-24-52)82(57-32-35-62-60-18-12-14-20-73(60)85-75(62)46-57)56-31-34-59-65-41-51-44-72-66(42-50(51)43-68(65)81(7,8)69(59)45-56)64-37-39-71(77-67-40-49(48-16-10-9-11-17-48)22-38-70(67)84(72)78(64)77)83(55-29-25-53(26-30-55)80(4,5)6)58-33-36-63-61-19-13-15-21-74(61)86-76(63)47-58/h9-47H,1-8H3. The molecule has 86 heavy (non-hydrogen) atoms. The highest BCUT2D eigenvalue weighted by atomic mass is 16.3. The SMILES string of the molecule is CC(C)(C)c1ccc(N(c2ccc3c(c2)C(C)(C)c2cc4cc5c6ccc(N(c7ccc(C(C)(C)C)cc7)c7ccc8c(c7)oc7ccccc78)c7c8cc(-c9ccccc9)ccc8n(c5cc4cc2-3)c67)c2ccc3c(c2)oc2ccccc23)cc1. The van der Waals surface area contributed by atoms with Gasteiger partial charge in [0.25, 0.3) is 0 Å². The molecule has 0 saturated heterocycles. The predicted molar refractivity (Wildman–Crippen MR) is 363 cm³/mol. The van der Waals surface area contributed by atoms with Crippen molar-refractivity contribution in [1.82, 2.24) is 4.40 Å². The maximum Gasteiger partial charge on any atom is 0.137 e. The van der Waals surface area contributed by atoms with Crippen LogP contribution in [0.5, 0.6) is 0 Å². The van der Waals surface area contributed by atoms with Crippen LogP contribution < -0.4 is 9.80 Å². The van der Waals surface area contributed by atoms with Crippen LogP contribution >= 0.6 is 0 Å². The molecule has 4 aromatic heterocycles. The summed E-state index contributed by atoms with van der Waals surface area (Å²) in [6.07, 6.45) is 0. The topological polar surface area (TPSA) is 37.2 Å². The van der Waals surface area contributed by atoms with Crippen LogP contribution in [0.4, 0.5) is 34.1 Å². The van der Waals surface area contributed by atoms with Gasteiger partial charge in [-0.15, -0.1) is 0 Å². The minimum atomic E-state index is -0.287. The molecule has 12 aromatic carbocycles. The highest BCUT2D eigenvalue weighted by Crippen LogP contribution is 2.54. The fourth-order valence-corrected chi connectivity index (χ4v) is 14.4. The monoisotopic (exact) mass is 1110 g/mol. The fourth-order valence-electron chi connectivity index (χ4n) is 14.4. The van der Waals surface area contributed by atoms with Crippen LogP contribution in [0.3, 0.4) is 0 Å². The average molecular weight is 1110 g/mol. The Kier molecular flexibility index (Phi) is 10.5. The van der Waals surface area contributed by atoms with Gasteiger partial charge in [-0.3, -0.25) is 0 Å². The number of hydrogen-bond donors (Lipinski definition) is 0. The van der Waals surface area contributed by atoms with Crippen molar-refractivity contribution in [2.45, 2.75) is 71.6 Å². The number of rotatable bonds is 7. The highest BCUT2D eigenvalue weighted by molar-refractivity contribution is 6.29. The number of fused-ring (bicyclic) bond motifs is 16. The second-order valence-electron chi connectivity index (χ2n) is 26.6. The Hall–Kier alpha value is -10.1. The molecule has 0 bridgehead atoms. The molecule has 16 aromatic rings. The molecule has 0 aliphatic heterocycles. The Morgan fingerprint density at radius 3 is 1.51 bits per heavy atom. The molecule has 414 valence electrons. The quantitative estimate of drug-likeness (QED) is 0.159. The third-order valence-electron chi connectivity index (χ3n) is 19.0. The van der Waals surface area contributed by atoms with Crippen LogP contribution in [0.25, 0.3) is 115 Å². The van der Waals surface area contributed by atoms with Gasteiger partial charge < -0.3 is 23.0 Å². The van der Waals surface area contributed by atoms with E-state index in [1.54, 1.807) is 0 Å².